The Bertz CT molecular complexity index is 509. The second kappa shape index (κ2) is 8.46. The first kappa shape index (κ1) is 17.2. The number of methoxy groups -OCH3 is 2. The maximum atomic E-state index is 11.7. The Hall–Kier alpha value is -1.83. The van der Waals surface area contributed by atoms with Gasteiger partial charge in [0.2, 0.25) is 0 Å². The van der Waals surface area contributed by atoms with E-state index in [2.05, 4.69) is 10.6 Å². The van der Waals surface area contributed by atoms with E-state index in [9.17, 15) is 9.59 Å². The molecule has 1 atom stereocenters. The highest BCUT2D eigenvalue weighted by Crippen LogP contribution is 2.19. The number of carbonyl (C=O) groups excluding carboxylic acids is 1. The van der Waals surface area contributed by atoms with Gasteiger partial charge in [-0.05, 0) is 18.2 Å². The van der Waals surface area contributed by atoms with E-state index in [4.69, 9.17) is 26.2 Å². The lowest BCUT2D eigenvalue weighted by atomic mass is 10.2. The minimum Gasteiger partial charge on any atom is -0.478 e. The first-order valence-corrected chi connectivity index (χ1v) is 6.44. The van der Waals surface area contributed by atoms with Gasteiger partial charge in [-0.1, -0.05) is 11.6 Å². The second-order valence-electron chi connectivity index (χ2n) is 4.18. The van der Waals surface area contributed by atoms with Crippen molar-refractivity contribution in [1.82, 2.24) is 5.32 Å². The number of aromatic carboxylic acids is 1. The van der Waals surface area contributed by atoms with Crippen molar-refractivity contribution >= 4 is 29.3 Å². The predicted molar refractivity (Wildman–Crippen MR) is 78.1 cm³/mol. The number of amides is 2. The molecule has 2 amide bonds. The van der Waals surface area contributed by atoms with E-state index in [0.29, 0.717) is 6.61 Å². The zero-order chi connectivity index (χ0) is 15.8. The van der Waals surface area contributed by atoms with Crippen molar-refractivity contribution in [1.29, 1.82) is 0 Å². The van der Waals surface area contributed by atoms with E-state index in [1.54, 1.807) is 0 Å². The number of urea groups is 1. The molecule has 7 nitrogen and oxygen atoms in total. The van der Waals surface area contributed by atoms with Crippen molar-refractivity contribution in [2.24, 2.45) is 0 Å². The number of carbonyl (C=O) groups is 2. The highest BCUT2D eigenvalue weighted by Gasteiger charge is 2.11. The molecule has 0 aliphatic rings. The number of anilines is 1. The third-order valence-electron chi connectivity index (χ3n) is 2.58. The molecule has 0 aromatic heterocycles. The van der Waals surface area contributed by atoms with Gasteiger partial charge in [-0.3, -0.25) is 0 Å². The van der Waals surface area contributed by atoms with Gasteiger partial charge < -0.3 is 25.2 Å². The topological polar surface area (TPSA) is 96.9 Å². The minimum atomic E-state index is -1.12. The van der Waals surface area contributed by atoms with Crippen LogP contribution in [-0.4, -0.2) is 50.6 Å². The third-order valence-corrected chi connectivity index (χ3v) is 2.80. The fourth-order valence-electron chi connectivity index (χ4n) is 1.56. The molecule has 1 rings (SSSR count). The van der Waals surface area contributed by atoms with Crippen molar-refractivity contribution in [2.45, 2.75) is 6.10 Å². The van der Waals surface area contributed by atoms with Gasteiger partial charge in [0.15, 0.2) is 0 Å². The Morgan fingerprint density at radius 2 is 2.05 bits per heavy atom. The van der Waals surface area contributed by atoms with Crippen molar-refractivity contribution in [3.63, 3.8) is 0 Å². The summed E-state index contributed by atoms with van der Waals surface area (Å²) in [5.41, 5.74) is 0.282. The molecule has 0 saturated heterocycles. The molecule has 21 heavy (non-hydrogen) atoms. The first-order chi connectivity index (χ1) is 9.96. The number of hydrogen-bond acceptors (Lipinski definition) is 4. The summed E-state index contributed by atoms with van der Waals surface area (Å²) in [4.78, 5) is 22.6. The highest BCUT2D eigenvalue weighted by molar-refractivity contribution is 6.31. The maximum absolute atomic E-state index is 11.7. The van der Waals surface area contributed by atoms with Gasteiger partial charge in [0, 0.05) is 31.5 Å². The van der Waals surface area contributed by atoms with E-state index in [-0.39, 0.29) is 28.9 Å². The van der Waals surface area contributed by atoms with Crippen LogP contribution in [0.2, 0.25) is 5.02 Å². The molecule has 0 spiro atoms. The van der Waals surface area contributed by atoms with E-state index in [0.717, 1.165) is 0 Å². The normalized spacial score (nSPS) is 11.8. The molecule has 0 heterocycles. The van der Waals surface area contributed by atoms with Crippen LogP contribution in [0.15, 0.2) is 18.2 Å². The standard InChI is InChI=1S/C13H17ClN2O5/c1-20-7-11(21-2)6-15-13(19)16-10-4-8(12(17)18)3-9(14)5-10/h3-5,11H,6-7H2,1-2H3,(H,17,18)(H2,15,16,19). The van der Waals surface area contributed by atoms with Crippen LogP contribution in [0.4, 0.5) is 10.5 Å². The number of carboxylic acids is 1. The van der Waals surface area contributed by atoms with Gasteiger partial charge >= 0.3 is 12.0 Å². The zero-order valence-corrected chi connectivity index (χ0v) is 12.4. The number of benzene rings is 1. The van der Waals surface area contributed by atoms with Crippen LogP contribution >= 0.6 is 11.6 Å². The number of ether oxygens (including phenoxy) is 2. The summed E-state index contributed by atoms with van der Waals surface area (Å²) in [7, 11) is 3.05. The smallest absolute Gasteiger partial charge is 0.335 e. The Morgan fingerprint density at radius 3 is 2.62 bits per heavy atom. The maximum Gasteiger partial charge on any atom is 0.335 e. The molecule has 116 valence electrons. The molecule has 1 unspecified atom stereocenters. The van der Waals surface area contributed by atoms with Gasteiger partial charge in [-0.15, -0.1) is 0 Å². The van der Waals surface area contributed by atoms with Crippen LogP contribution in [0.25, 0.3) is 0 Å². The minimum absolute atomic E-state index is 0.00745. The molecule has 1 aromatic carbocycles. The Labute approximate surface area is 127 Å². The van der Waals surface area contributed by atoms with Gasteiger partial charge in [0.1, 0.15) is 0 Å². The lowest BCUT2D eigenvalue weighted by Crippen LogP contribution is -2.38. The molecular weight excluding hydrogens is 300 g/mol. The van der Waals surface area contributed by atoms with Crippen molar-refractivity contribution in [2.75, 3.05) is 32.7 Å². The van der Waals surface area contributed by atoms with Crippen LogP contribution in [0.1, 0.15) is 10.4 Å². The summed E-state index contributed by atoms with van der Waals surface area (Å²) < 4.78 is 10.0. The van der Waals surface area contributed by atoms with E-state index < -0.39 is 12.0 Å². The van der Waals surface area contributed by atoms with E-state index >= 15 is 0 Å². The average Bonchev–Trinajstić information content (AvgIpc) is 2.42. The lowest BCUT2D eigenvalue weighted by Gasteiger charge is -2.15. The van der Waals surface area contributed by atoms with Crippen molar-refractivity contribution < 1.29 is 24.2 Å². The van der Waals surface area contributed by atoms with E-state index in [1.165, 1.54) is 32.4 Å². The summed E-state index contributed by atoms with van der Waals surface area (Å²) in [6, 6.07) is 3.58. The van der Waals surface area contributed by atoms with Crippen LogP contribution in [0, 0.1) is 0 Å². The average molecular weight is 317 g/mol. The molecule has 0 bridgehead atoms. The summed E-state index contributed by atoms with van der Waals surface area (Å²) in [6.07, 6.45) is -0.269. The largest absolute Gasteiger partial charge is 0.478 e. The van der Waals surface area contributed by atoms with Crippen molar-refractivity contribution in [3.05, 3.63) is 28.8 Å². The van der Waals surface area contributed by atoms with E-state index in [1.807, 2.05) is 0 Å². The lowest BCUT2D eigenvalue weighted by molar-refractivity contribution is 0.0307. The van der Waals surface area contributed by atoms with Crippen LogP contribution in [0.3, 0.4) is 0 Å². The zero-order valence-electron chi connectivity index (χ0n) is 11.7. The van der Waals surface area contributed by atoms with Crippen molar-refractivity contribution in [3.8, 4) is 0 Å². The molecule has 0 aliphatic carbocycles. The molecule has 0 fully saturated rings. The second-order valence-corrected chi connectivity index (χ2v) is 4.62. The molecular formula is C13H17ClN2O5. The van der Waals surface area contributed by atoms with Crippen LogP contribution in [0.5, 0.6) is 0 Å². The first-order valence-electron chi connectivity index (χ1n) is 6.06. The molecule has 0 aliphatic heterocycles. The Balaban J connectivity index is 2.60. The summed E-state index contributed by atoms with van der Waals surface area (Å²) >= 11 is 5.80. The molecule has 3 N–H and O–H groups in total. The molecule has 0 radical (unpaired) electrons. The van der Waals surface area contributed by atoms with Gasteiger partial charge in [0.25, 0.3) is 0 Å². The highest BCUT2D eigenvalue weighted by atomic mass is 35.5. The number of hydrogen-bond donors (Lipinski definition) is 3. The fraction of sp³-hybridized carbons (Fsp3) is 0.385. The monoisotopic (exact) mass is 316 g/mol. The number of halogens is 1. The fourth-order valence-corrected chi connectivity index (χ4v) is 1.80. The van der Waals surface area contributed by atoms with Crippen LogP contribution in [-0.2, 0) is 9.47 Å². The molecule has 1 aromatic rings. The summed E-state index contributed by atoms with van der Waals surface area (Å²) in [5, 5.41) is 14.2. The van der Waals surface area contributed by atoms with Gasteiger partial charge in [-0.25, -0.2) is 9.59 Å². The number of nitrogens with one attached hydrogen (secondary N) is 2. The molecule has 0 saturated carbocycles. The summed E-state index contributed by atoms with van der Waals surface area (Å²) in [6.45, 7) is 0.597. The quantitative estimate of drug-likeness (QED) is 0.713. The van der Waals surface area contributed by atoms with Crippen LogP contribution < -0.4 is 10.6 Å². The number of rotatable bonds is 7. The van der Waals surface area contributed by atoms with Gasteiger partial charge in [-0.2, -0.15) is 0 Å². The molecule has 8 heteroatoms. The SMILES string of the molecule is COCC(CNC(=O)Nc1cc(Cl)cc(C(=O)O)c1)OC. The number of carboxylic acid groups (broad SMARTS) is 1. The Kier molecular flexibility index (Phi) is 6.93. The summed E-state index contributed by atoms with van der Waals surface area (Å²) in [5.74, 6) is -1.12. The Morgan fingerprint density at radius 1 is 1.33 bits per heavy atom. The van der Waals surface area contributed by atoms with Gasteiger partial charge in [0.05, 0.1) is 18.3 Å². The third kappa shape index (κ3) is 5.99. The predicted octanol–water partition coefficient (Wildman–Crippen LogP) is 1.82.